The summed E-state index contributed by atoms with van der Waals surface area (Å²) in [7, 11) is 0. The van der Waals surface area contributed by atoms with Gasteiger partial charge in [-0.1, -0.05) is 13.3 Å². The van der Waals surface area contributed by atoms with Crippen molar-refractivity contribution in [1.29, 1.82) is 0 Å². The van der Waals surface area contributed by atoms with Crippen LogP contribution in [-0.4, -0.2) is 30.3 Å². The molecule has 126 valence electrons. The summed E-state index contributed by atoms with van der Waals surface area (Å²) in [5.74, 6) is 0.741. The quantitative estimate of drug-likeness (QED) is 0.749. The highest BCUT2D eigenvalue weighted by atomic mass is 32.1. The van der Waals surface area contributed by atoms with Crippen molar-refractivity contribution in [2.75, 3.05) is 18.5 Å². The molecule has 1 aliphatic heterocycles. The Hall–Kier alpha value is -1.66. The standard InChI is InChI=1S/C17H24N2O3S/c1-2-3-6-16(20)19-17(23)18-13-7-9-14(10-8-13)22-12-15-5-4-11-21-15/h7-10,15H,2-6,11-12H2,1H3,(H2,18,19,20,23). The maximum Gasteiger partial charge on any atom is 0.226 e. The van der Waals surface area contributed by atoms with Gasteiger partial charge in [-0.25, -0.2) is 0 Å². The number of hydrogen-bond acceptors (Lipinski definition) is 4. The van der Waals surface area contributed by atoms with Crippen LogP contribution in [0.2, 0.25) is 0 Å². The van der Waals surface area contributed by atoms with Crippen LogP contribution in [0.1, 0.15) is 39.0 Å². The van der Waals surface area contributed by atoms with E-state index in [1.165, 1.54) is 0 Å². The van der Waals surface area contributed by atoms with E-state index in [-0.39, 0.29) is 12.0 Å². The highest BCUT2D eigenvalue weighted by molar-refractivity contribution is 7.80. The predicted molar refractivity (Wildman–Crippen MR) is 94.8 cm³/mol. The number of thiocarbonyl (C=S) groups is 1. The summed E-state index contributed by atoms with van der Waals surface area (Å²) >= 11 is 5.13. The minimum absolute atomic E-state index is 0.0548. The van der Waals surface area contributed by atoms with E-state index < -0.39 is 0 Å². The average Bonchev–Trinajstić information content (AvgIpc) is 3.05. The maximum absolute atomic E-state index is 11.6. The van der Waals surface area contributed by atoms with Gasteiger partial charge in [0.1, 0.15) is 12.4 Å². The lowest BCUT2D eigenvalue weighted by Crippen LogP contribution is -2.33. The Bertz CT molecular complexity index is 513. The first-order valence-electron chi connectivity index (χ1n) is 8.12. The van der Waals surface area contributed by atoms with Gasteiger partial charge in [-0.3, -0.25) is 4.79 Å². The highest BCUT2D eigenvalue weighted by Crippen LogP contribution is 2.18. The van der Waals surface area contributed by atoms with Crippen molar-refractivity contribution in [1.82, 2.24) is 5.32 Å². The van der Waals surface area contributed by atoms with E-state index in [4.69, 9.17) is 21.7 Å². The van der Waals surface area contributed by atoms with Crippen LogP contribution in [-0.2, 0) is 9.53 Å². The Kier molecular flexibility index (Phi) is 7.29. The minimum atomic E-state index is -0.0548. The SMILES string of the molecule is CCCCC(=O)NC(=S)Nc1ccc(OCC2CCCO2)cc1. The Morgan fingerprint density at radius 3 is 2.83 bits per heavy atom. The third kappa shape index (κ3) is 6.54. The van der Waals surface area contributed by atoms with E-state index in [0.717, 1.165) is 43.7 Å². The number of carbonyl (C=O) groups excluding carboxylic acids is 1. The van der Waals surface area contributed by atoms with Crippen molar-refractivity contribution in [3.63, 3.8) is 0 Å². The molecule has 0 radical (unpaired) electrons. The number of rotatable bonds is 7. The molecule has 1 aromatic carbocycles. The summed E-state index contributed by atoms with van der Waals surface area (Å²) in [6.07, 6.45) is 4.73. The van der Waals surface area contributed by atoms with Gasteiger partial charge >= 0.3 is 0 Å². The van der Waals surface area contributed by atoms with Crippen molar-refractivity contribution in [3.05, 3.63) is 24.3 Å². The average molecular weight is 336 g/mol. The summed E-state index contributed by atoms with van der Waals surface area (Å²) in [5.41, 5.74) is 0.815. The number of anilines is 1. The first-order valence-corrected chi connectivity index (χ1v) is 8.53. The largest absolute Gasteiger partial charge is 0.491 e. The molecule has 0 aliphatic carbocycles. The molecule has 0 spiro atoms. The molecule has 6 heteroatoms. The Morgan fingerprint density at radius 1 is 1.39 bits per heavy atom. The van der Waals surface area contributed by atoms with Crippen LogP contribution in [0.4, 0.5) is 5.69 Å². The molecular formula is C17H24N2O3S. The van der Waals surface area contributed by atoms with Gasteiger partial charge in [-0.2, -0.15) is 0 Å². The van der Waals surface area contributed by atoms with Crippen LogP contribution < -0.4 is 15.4 Å². The lowest BCUT2D eigenvalue weighted by atomic mass is 10.2. The monoisotopic (exact) mass is 336 g/mol. The minimum Gasteiger partial charge on any atom is -0.491 e. The fourth-order valence-electron chi connectivity index (χ4n) is 2.29. The lowest BCUT2D eigenvalue weighted by molar-refractivity contribution is -0.119. The fourth-order valence-corrected chi connectivity index (χ4v) is 2.52. The number of carbonyl (C=O) groups is 1. The number of amides is 1. The molecule has 1 saturated heterocycles. The molecule has 0 aromatic heterocycles. The molecular weight excluding hydrogens is 312 g/mol. The van der Waals surface area contributed by atoms with E-state index >= 15 is 0 Å². The van der Waals surface area contributed by atoms with Crippen molar-refractivity contribution < 1.29 is 14.3 Å². The van der Waals surface area contributed by atoms with Gasteiger partial charge in [0.15, 0.2) is 5.11 Å². The highest BCUT2D eigenvalue weighted by Gasteiger charge is 2.15. The van der Waals surface area contributed by atoms with Crippen LogP contribution in [0.5, 0.6) is 5.75 Å². The molecule has 1 unspecified atom stereocenters. The van der Waals surface area contributed by atoms with Crippen LogP contribution in [0.15, 0.2) is 24.3 Å². The van der Waals surface area contributed by atoms with Gasteiger partial charge in [0.2, 0.25) is 5.91 Å². The summed E-state index contributed by atoms with van der Waals surface area (Å²) in [6, 6.07) is 7.49. The lowest BCUT2D eigenvalue weighted by Gasteiger charge is -2.13. The fraction of sp³-hybridized carbons (Fsp3) is 0.529. The maximum atomic E-state index is 11.6. The Labute approximate surface area is 142 Å². The second kappa shape index (κ2) is 9.47. The predicted octanol–water partition coefficient (Wildman–Crippen LogP) is 3.25. The molecule has 1 fully saturated rings. The Balaban J connectivity index is 1.73. The normalized spacial score (nSPS) is 16.8. The zero-order chi connectivity index (χ0) is 16.5. The zero-order valence-corrected chi connectivity index (χ0v) is 14.3. The summed E-state index contributed by atoms with van der Waals surface area (Å²) in [5, 5.41) is 5.99. The van der Waals surface area contributed by atoms with Crippen molar-refractivity contribution >= 4 is 28.9 Å². The molecule has 0 bridgehead atoms. The first kappa shape index (κ1) is 17.7. The van der Waals surface area contributed by atoms with Gasteiger partial charge in [0.05, 0.1) is 6.10 Å². The molecule has 0 saturated carbocycles. The van der Waals surface area contributed by atoms with Crippen molar-refractivity contribution in [2.45, 2.75) is 45.1 Å². The van der Waals surface area contributed by atoms with E-state index in [1.54, 1.807) is 0 Å². The zero-order valence-electron chi connectivity index (χ0n) is 13.5. The van der Waals surface area contributed by atoms with Crippen LogP contribution in [0, 0.1) is 0 Å². The third-order valence-corrected chi connectivity index (χ3v) is 3.79. The summed E-state index contributed by atoms with van der Waals surface area (Å²) in [6.45, 7) is 3.46. The van der Waals surface area contributed by atoms with E-state index in [9.17, 15) is 4.79 Å². The molecule has 2 rings (SSSR count). The number of hydrogen-bond donors (Lipinski definition) is 2. The van der Waals surface area contributed by atoms with Crippen molar-refractivity contribution in [3.8, 4) is 5.75 Å². The molecule has 1 aliphatic rings. The van der Waals surface area contributed by atoms with Gasteiger partial charge in [0.25, 0.3) is 0 Å². The molecule has 23 heavy (non-hydrogen) atoms. The van der Waals surface area contributed by atoms with E-state index in [1.807, 2.05) is 31.2 Å². The van der Waals surface area contributed by atoms with E-state index in [2.05, 4.69) is 10.6 Å². The van der Waals surface area contributed by atoms with Gasteiger partial charge < -0.3 is 20.1 Å². The van der Waals surface area contributed by atoms with Crippen LogP contribution in [0.3, 0.4) is 0 Å². The Morgan fingerprint density at radius 2 is 2.17 bits per heavy atom. The molecule has 1 heterocycles. The van der Waals surface area contributed by atoms with Crippen LogP contribution in [0.25, 0.3) is 0 Å². The summed E-state index contributed by atoms with van der Waals surface area (Å²) < 4.78 is 11.2. The topological polar surface area (TPSA) is 59.6 Å². The number of unbranched alkanes of at least 4 members (excludes halogenated alkanes) is 1. The molecule has 1 atom stereocenters. The van der Waals surface area contributed by atoms with Gasteiger partial charge in [-0.05, 0) is 55.7 Å². The third-order valence-electron chi connectivity index (χ3n) is 3.58. The van der Waals surface area contributed by atoms with Crippen molar-refractivity contribution in [2.24, 2.45) is 0 Å². The second-order valence-electron chi connectivity index (χ2n) is 5.58. The van der Waals surface area contributed by atoms with Crippen LogP contribution >= 0.6 is 12.2 Å². The number of nitrogens with one attached hydrogen (secondary N) is 2. The molecule has 1 aromatic rings. The molecule has 1 amide bonds. The van der Waals surface area contributed by atoms with E-state index in [0.29, 0.717) is 18.1 Å². The van der Waals surface area contributed by atoms with Gasteiger partial charge in [-0.15, -0.1) is 0 Å². The van der Waals surface area contributed by atoms with Gasteiger partial charge in [0, 0.05) is 18.7 Å². The summed E-state index contributed by atoms with van der Waals surface area (Å²) in [4.78, 5) is 11.6. The number of benzene rings is 1. The smallest absolute Gasteiger partial charge is 0.226 e. The second-order valence-corrected chi connectivity index (χ2v) is 5.98. The molecule has 5 nitrogen and oxygen atoms in total. The first-order chi connectivity index (χ1) is 11.2. The number of ether oxygens (including phenoxy) is 2. The molecule has 2 N–H and O–H groups in total.